The third-order valence-corrected chi connectivity index (χ3v) is 5.79. The SMILES string of the molecule is CCOc1nccc2c(Nc3c(Cl)cc(C(OCOCCOC)=C(F)F)cc3Cl)nc3ccncc3c12. The number of anilines is 2. The van der Waals surface area contributed by atoms with Gasteiger partial charge in [-0.25, -0.2) is 9.97 Å². The molecule has 0 bridgehead atoms. The number of fused-ring (bicyclic) bond motifs is 3. The van der Waals surface area contributed by atoms with Crippen molar-refractivity contribution in [3.63, 3.8) is 0 Å². The van der Waals surface area contributed by atoms with Crippen molar-refractivity contribution in [3.8, 4) is 5.88 Å². The van der Waals surface area contributed by atoms with Crippen molar-refractivity contribution in [1.29, 1.82) is 0 Å². The molecule has 0 amide bonds. The quantitative estimate of drug-likeness (QED) is 0.0940. The van der Waals surface area contributed by atoms with Gasteiger partial charge < -0.3 is 24.3 Å². The fourth-order valence-corrected chi connectivity index (χ4v) is 4.17. The third-order valence-electron chi connectivity index (χ3n) is 5.19. The first-order valence-electron chi connectivity index (χ1n) is 11.1. The fraction of sp³-hybridized carbons (Fsp3) is 0.240. The van der Waals surface area contributed by atoms with Gasteiger partial charge in [-0.15, -0.1) is 0 Å². The zero-order valence-electron chi connectivity index (χ0n) is 19.9. The van der Waals surface area contributed by atoms with Crippen LogP contribution in [0, 0.1) is 0 Å². The molecule has 4 rings (SSSR count). The molecule has 3 aromatic heterocycles. The summed E-state index contributed by atoms with van der Waals surface area (Å²) in [4.78, 5) is 13.3. The Morgan fingerprint density at radius 3 is 2.54 bits per heavy atom. The second kappa shape index (κ2) is 12.3. The van der Waals surface area contributed by atoms with Gasteiger partial charge in [0.25, 0.3) is 0 Å². The number of hydrogen-bond donors (Lipinski definition) is 1. The van der Waals surface area contributed by atoms with Crippen LogP contribution in [0.4, 0.5) is 20.3 Å². The van der Waals surface area contributed by atoms with Crippen LogP contribution < -0.4 is 10.1 Å². The molecule has 194 valence electrons. The van der Waals surface area contributed by atoms with Crippen molar-refractivity contribution >= 4 is 62.1 Å². The number of pyridine rings is 3. The molecule has 0 spiro atoms. The summed E-state index contributed by atoms with van der Waals surface area (Å²) in [6.45, 7) is 2.36. The highest BCUT2D eigenvalue weighted by Gasteiger charge is 2.19. The van der Waals surface area contributed by atoms with E-state index in [0.717, 1.165) is 5.39 Å². The van der Waals surface area contributed by atoms with Gasteiger partial charge in [0, 0.05) is 42.0 Å². The first-order valence-corrected chi connectivity index (χ1v) is 11.9. The highest BCUT2D eigenvalue weighted by atomic mass is 35.5. The van der Waals surface area contributed by atoms with E-state index in [4.69, 9.17) is 47.1 Å². The lowest BCUT2D eigenvalue weighted by Crippen LogP contribution is -2.06. The molecule has 0 aliphatic heterocycles. The molecule has 0 saturated carbocycles. The van der Waals surface area contributed by atoms with Gasteiger partial charge in [0.15, 0.2) is 12.6 Å². The smallest absolute Gasteiger partial charge is 0.312 e. The van der Waals surface area contributed by atoms with E-state index in [-0.39, 0.29) is 27.9 Å². The van der Waals surface area contributed by atoms with E-state index < -0.39 is 18.6 Å². The van der Waals surface area contributed by atoms with Crippen LogP contribution in [0.25, 0.3) is 27.4 Å². The topological polar surface area (TPSA) is 87.6 Å². The summed E-state index contributed by atoms with van der Waals surface area (Å²) < 4.78 is 48.1. The molecular formula is C25H22Cl2F2N4O4. The molecule has 4 aromatic rings. The molecule has 0 fully saturated rings. The second-order valence-corrected chi connectivity index (χ2v) is 8.33. The average molecular weight is 551 g/mol. The van der Waals surface area contributed by atoms with Crippen molar-refractivity contribution in [2.75, 3.05) is 39.0 Å². The normalized spacial score (nSPS) is 11.1. The number of halogens is 4. The molecule has 1 aromatic carbocycles. The molecular weight excluding hydrogens is 529 g/mol. The van der Waals surface area contributed by atoms with Crippen LogP contribution in [0.2, 0.25) is 10.0 Å². The van der Waals surface area contributed by atoms with Crippen LogP contribution in [0.15, 0.2) is 48.9 Å². The van der Waals surface area contributed by atoms with Crippen LogP contribution in [-0.4, -0.2) is 48.7 Å². The summed E-state index contributed by atoms with van der Waals surface area (Å²) in [7, 11) is 1.50. The maximum absolute atomic E-state index is 13.6. The van der Waals surface area contributed by atoms with Crippen LogP contribution in [0.3, 0.4) is 0 Å². The number of aromatic nitrogens is 3. The van der Waals surface area contributed by atoms with Gasteiger partial charge >= 0.3 is 6.08 Å². The monoisotopic (exact) mass is 550 g/mol. The lowest BCUT2D eigenvalue weighted by Gasteiger charge is -2.17. The molecule has 8 nitrogen and oxygen atoms in total. The molecule has 0 aliphatic rings. The van der Waals surface area contributed by atoms with E-state index >= 15 is 0 Å². The Bertz CT molecular complexity index is 1430. The number of hydrogen-bond acceptors (Lipinski definition) is 8. The third kappa shape index (κ3) is 5.99. The molecule has 0 aliphatic carbocycles. The van der Waals surface area contributed by atoms with Crippen molar-refractivity contribution in [2.45, 2.75) is 6.92 Å². The maximum atomic E-state index is 13.6. The summed E-state index contributed by atoms with van der Waals surface area (Å²) in [5.74, 6) is 0.153. The van der Waals surface area contributed by atoms with Gasteiger partial charge in [0.2, 0.25) is 5.88 Å². The number of nitrogens with one attached hydrogen (secondary N) is 1. The molecule has 0 radical (unpaired) electrons. The zero-order valence-corrected chi connectivity index (χ0v) is 21.4. The fourth-order valence-electron chi connectivity index (χ4n) is 3.59. The standard InChI is InChI=1S/C25H22Cl2F2N4O4/c1-3-36-25-20-15(4-7-31-25)24(32-19-5-6-30-12-16(19)20)33-21-17(26)10-14(11-18(21)27)22(23(28)29)37-13-35-9-8-34-2/h4-7,10-12H,3,8-9,13H2,1-2H3,(H,32,33). The Balaban J connectivity index is 1.72. The van der Waals surface area contributed by atoms with Gasteiger partial charge in [-0.05, 0) is 31.2 Å². The van der Waals surface area contributed by atoms with Crippen molar-refractivity contribution in [1.82, 2.24) is 15.0 Å². The molecule has 37 heavy (non-hydrogen) atoms. The van der Waals surface area contributed by atoms with E-state index in [2.05, 4.69) is 15.3 Å². The van der Waals surface area contributed by atoms with E-state index in [1.165, 1.54) is 19.2 Å². The van der Waals surface area contributed by atoms with Gasteiger partial charge in [0.05, 0.1) is 46.5 Å². The predicted molar refractivity (Wildman–Crippen MR) is 139 cm³/mol. The molecule has 3 heterocycles. The zero-order chi connectivity index (χ0) is 26.4. The van der Waals surface area contributed by atoms with Crippen molar-refractivity contribution in [2.24, 2.45) is 0 Å². The molecule has 0 saturated heterocycles. The number of benzene rings is 1. The van der Waals surface area contributed by atoms with E-state index in [0.29, 0.717) is 41.2 Å². The number of rotatable bonds is 11. The Hall–Kier alpha value is -3.31. The largest absolute Gasteiger partial charge is 0.478 e. The van der Waals surface area contributed by atoms with Crippen molar-refractivity contribution < 1.29 is 27.7 Å². The lowest BCUT2D eigenvalue weighted by atomic mass is 10.1. The minimum atomic E-state index is -2.05. The van der Waals surface area contributed by atoms with Gasteiger partial charge in [0.1, 0.15) is 5.82 Å². The van der Waals surface area contributed by atoms with E-state index in [9.17, 15) is 8.78 Å². The Morgan fingerprint density at radius 2 is 1.84 bits per heavy atom. The minimum Gasteiger partial charge on any atom is -0.478 e. The summed E-state index contributed by atoms with van der Waals surface area (Å²) in [6.07, 6.45) is 2.86. The molecule has 1 N–H and O–H groups in total. The second-order valence-electron chi connectivity index (χ2n) is 7.52. The van der Waals surface area contributed by atoms with Crippen LogP contribution in [-0.2, 0) is 14.2 Å². The van der Waals surface area contributed by atoms with Crippen LogP contribution >= 0.6 is 23.2 Å². The summed E-state index contributed by atoms with van der Waals surface area (Å²) in [5.41, 5.74) is 0.898. The first-order chi connectivity index (χ1) is 17.9. The highest BCUT2D eigenvalue weighted by Crippen LogP contribution is 2.40. The number of nitrogens with zero attached hydrogens (tertiary/aromatic N) is 3. The number of ether oxygens (including phenoxy) is 4. The summed E-state index contributed by atoms with van der Waals surface area (Å²) in [6, 6.07) is 6.16. The number of methoxy groups -OCH3 is 1. The van der Waals surface area contributed by atoms with E-state index in [1.807, 2.05) is 6.92 Å². The molecule has 0 atom stereocenters. The molecule has 0 unspecified atom stereocenters. The maximum Gasteiger partial charge on any atom is 0.312 e. The Morgan fingerprint density at radius 1 is 1.05 bits per heavy atom. The molecule has 12 heteroatoms. The van der Waals surface area contributed by atoms with Gasteiger partial charge in [-0.3, -0.25) is 4.98 Å². The van der Waals surface area contributed by atoms with Crippen LogP contribution in [0.1, 0.15) is 12.5 Å². The summed E-state index contributed by atoms with van der Waals surface area (Å²) in [5, 5.41) is 5.45. The highest BCUT2D eigenvalue weighted by molar-refractivity contribution is 6.39. The summed E-state index contributed by atoms with van der Waals surface area (Å²) >= 11 is 13.0. The van der Waals surface area contributed by atoms with E-state index in [1.54, 1.807) is 30.7 Å². The van der Waals surface area contributed by atoms with Gasteiger partial charge in [-0.1, -0.05) is 23.2 Å². The van der Waals surface area contributed by atoms with Gasteiger partial charge in [-0.2, -0.15) is 8.78 Å². The van der Waals surface area contributed by atoms with Crippen LogP contribution in [0.5, 0.6) is 5.88 Å². The average Bonchev–Trinajstić information content (AvgIpc) is 2.88. The minimum absolute atomic E-state index is 0.0128. The predicted octanol–water partition coefficient (Wildman–Crippen LogP) is 6.83. The first kappa shape index (κ1) is 26.7. The Labute approximate surface area is 221 Å². The van der Waals surface area contributed by atoms with Crippen molar-refractivity contribution in [3.05, 3.63) is 64.5 Å². The Kier molecular flexibility index (Phi) is 8.88. The lowest BCUT2D eigenvalue weighted by molar-refractivity contribution is -0.0236.